The van der Waals surface area contributed by atoms with Crippen LogP contribution in [-0.2, 0) is 9.47 Å². The van der Waals surface area contributed by atoms with Crippen LogP contribution in [0.3, 0.4) is 0 Å². The third-order valence-corrected chi connectivity index (χ3v) is 2.54. The van der Waals surface area contributed by atoms with E-state index in [0.29, 0.717) is 13.2 Å². The minimum Gasteiger partial charge on any atom is -0.352 e. The van der Waals surface area contributed by atoms with Crippen LogP contribution in [0.15, 0.2) is 0 Å². The molecule has 0 amide bonds. The standard InChI is InChI=1S/C9H21NO2S/c1-3-11-9(12-4-2)8-13-7-5-6-10/h9H,3-8,10H2,1-2H3. The van der Waals surface area contributed by atoms with E-state index in [1.54, 1.807) is 0 Å². The first-order valence-corrected chi connectivity index (χ1v) is 6.01. The lowest BCUT2D eigenvalue weighted by Gasteiger charge is -2.16. The van der Waals surface area contributed by atoms with E-state index in [1.165, 1.54) is 0 Å². The number of hydrogen-bond acceptors (Lipinski definition) is 4. The van der Waals surface area contributed by atoms with Crippen LogP contribution >= 0.6 is 11.8 Å². The molecule has 0 saturated carbocycles. The lowest BCUT2D eigenvalue weighted by molar-refractivity contribution is -0.120. The van der Waals surface area contributed by atoms with Gasteiger partial charge in [0.05, 0.1) is 0 Å². The molecule has 0 aromatic carbocycles. The molecule has 3 nitrogen and oxygen atoms in total. The maximum atomic E-state index is 5.39. The van der Waals surface area contributed by atoms with Crippen LogP contribution in [0.25, 0.3) is 0 Å². The Morgan fingerprint density at radius 2 is 1.85 bits per heavy atom. The molecule has 13 heavy (non-hydrogen) atoms. The highest BCUT2D eigenvalue weighted by atomic mass is 32.2. The first-order chi connectivity index (χ1) is 6.35. The van der Waals surface area contributed by atoms with Gasteiger partial charge in [0.15, 0.2) is 6.29 Å². The Bertz CT molecular complexity index is 97.6. The average molecular weight is 207 g/mol. The van der Waals surface area contributed by atoms with E-state index in [2.05, 4.69) is 0 Å². The van der Waals surface area contributed by atoms with Crippen molar-refractivity contribution in [1.82, 2.24) is 0 Å². The van der Waals surface area contributed by atoms with Crippen LogP contribution < -0.4 is 5.73 Å². The van der Waals surface area contributed by atoms with Crippen molar-refractivity contribution in [2.24, 2.45) is 5.73 Å². The first kappa shape index (κ1) is 13.2. The Morgan fingerprint density at radius 3 is 2.31 bits per heavy atom. The minimum absolute atomic E-state index is 0.0437. The zero-order chi connectivity index (χ0) is 9.94. The van der Waals surface area contributed by atoms with Crippen LogP contribution in [0.1, 0.15) is 20.3 Å². The Labute approximate surface area is 85.3 Å². The summed E-state index contributed by atoms with van der Waals surface area (Å²) in [5.41, 5.74) is 5.39. The maximum Gasteiger partial charge on any atom is 0.166 e. The highest BCUT2D eigenvalue weighted by Crippen LogP contribution is 2.08. The summed E-state index contributed by atoms with van der Waals surface area (Å²) in [7, 11) is 0. The number of thioether (sulfide) groups is 1. The Morgan fingerprint density at radius 1 is 1.23 bits per heavy atom. The van der Waals surface area contributed by atoms with E-state index in [1.807, 2.05) is 25.6 Å². The molecule has 0 heterocycles. The largest absolute Gasteiger partial charge is 0.352 e. The zero-order valence-corrected chi connectivity index (χ0v) is 9.44. The molecule has 0 aliphatic heterocycles. The number of rotatable bonds is 9. The molecule has 80 valence electrons. The Balaban J connectivity index is 3.33. The van der Waals surface area contributed by atoms with E-state index in [4.69, 9.17) is 15.2 Å². The van der Waals surface area contributed by atoms with Crippen molar-refractivity contribution in [3.05, 3.63) is 0 Å². The molecule has 0 spiro atoms. The van der Waals surface area contributed by atoms with Gasteiger partial charge in [-0.2, -0.15) is 11.8 Å². The van der Waals surface area contributed by atoms with Gasteiger partial charge in [0.1, 0.15) is 0 Å². The van der Waals surface area contributed by atoms with Crippen molar-refractivity contribution in [1.29, 1.82) is 0 Å². The molecule has 0 atom stereocenters. The van der Waals surface area contributed by atoms with Gasteiger partial charge in [0.25, 0.3) is 0 Å². The van der Waals surface area contributed by atoms with Crippen LogP contribution in [0.5, 0.6) is 0 Å². The molecule has 0 radical (unpaired) electrons. The van der Waals surface area contributed by atoms with E-state index in [-0.39, 0.29) is 6.29 Å². The fourth-order valence-electron chi connectivity index (χ4n) is 0.881. The summed E-state index contributed by atoms with van der Waals surface area (Å²) in [6, 6.07) is 0. The van der Waals surface area contributed by atoms with E-state index in [0.717, 1.165) is 24.5 Å². The molecule has 0 aromatic heterocycles. The SMILES string of the molecule is CCOC(CSCCCN)OCC. The van der Waals surface area contributed by atoms with E-state index >= 15 is 0 Å². The van der Waals surface area contributed by atoms with Crippen molar-refractivity contribution in [2.75, 3.05) is 31.3 Å². The van der Waals surface area contributed by atoms with Crippen molar-refractivity contribution in [3.63, 3.8) is 0 Å². The highest BCUT2D eigenvalue weighted by molar-refractivity contribution is 7.99. The highest BCUT2D eigenvalue weighted by Gasteiger charge is 2.06. The summed E-state index contributed by atoms with van der Waals surface area (Å²) >= 11 is 1.84. The fraction of sp³-hybridized carbons (Fsp3) is 1.00. The van der Waals surface area contributed by atoms with Crippen LogP contribution in [0.4, 0.5) is 0 Å². The Hall–Kier alpha value is 0.230. The van der Waals surface area contributed by atoms with Crippen LogP contribution in [0, 0.1) is 0 Å². The van der Waals surface area contributed by atoms with E-state index in [9.17, 15) is 0 Å². The van der Waals surface area contributed by atoms with Gasteiger partial charge in [-0.05, 0) is 32.6 Å². The molecule has 0 aliphatic rings. The topological polar surface area (TPSA) is 44.5 Å². The number of nitrogens with two attached hydrogens (primary N) is 1. The lowest BCUT2D eigenvalue weighted by Crippen LogP contribution is -2.20. The third kappa shape index (κ3) is 8.56. The smallest absolute Gasteiger partial charge is 0.166 e. The molecule has 0 aromatic rings. The molecule has 0 rings (SSSR count). The van der Waals surface area contributed by atoms with Crippen molar-refractivity contribution < 1.29 is 9.47 Å². The average Bonchev–Trinajstić information content (AvgIpc) is 2.13. The van der Waals surface area contributed by atoms with Crippen molar-refractivity contribution in [3.8, 4) is 0 Å². The zero-order valence-electron chi connectivity index (χ0n) is 8.62. The van der Waals surface area contributed by atoms with Gasteiger partial charge < -0.3 is 15.2 Å². The van der Waals surface area contributed by atoms with Gasteiger partial charge in [0.2, 0.25) is 0 Å². The summed E-state index contributed by atoms with van der Waals surface area (Å²) in [6.45, 7) is 6.15. The Kier molecular flexibility index (Phi) is 10.5. The second-order valence-corrected chi connectivity index (χ2v) is 3.71. The first-order valence-electron chi connectivity index (χ1n) is 4.86. The molecule has 2 N–H and O–H groups in total. The molecule has 0 unspecified atom stereocenters. The van der Waals surface area contributed by atoms with E-state index < -0.39 is 0 Å². The molecular weight excluding hydrogens is 186 g/mol. The predicted octanol–water partition coefficient (Wildman–Crippen LogP) is 1.47. The summed E-state index contributed by atoms with van der Waals surface area (Å²) in [6.07, 6.45) is 1.02. The molecular formula is C9H21NO2S. The lowest BCUT2D eigenvalue weighted by atomic mass is 10.5. The fourth-order valence-corrected chi connectivity index (χ4v) is 1.80. The van der Waals surface area contributed by atoms with Gasteiger partial charge in [-0.1, -0.05) is 0 Å². The summed E-state index contributed by atoms with van der Waals surface area (Å²) in [4.78, 5) is 0. The maximum absolute atomic E-state index is 5.39. The molecule has 0 aliphatic carbocycles. The van der Waals surface area contributed by atoms with Crippen molar-refractivity contribution in [2.45, 2.75) is 26.6 Å². The quantitative estimate of drug-likeness (QED) is 0.459. The van der Waals surface area contributed by atoms with Crippen LogP contribution in [0.2, 0.25) is 0 Å². The monoisotopic (exact) mass is 207 g/mol. The summed E-state index contributed by atoms with van der Waals surface area (Å²) < 4.78 is 10.8. The molecule has 0 bridgehead atoms. The summed E-state index contributed by atoms with van der Waals surface area (Å²) in [5.74, 6) is 1.99. The second kappa shape index (κ2) is 10.3. The third-order valence-electron chi connectivity index (χ3n) is 1.45. The molecule has 0 saturated heterocycles. The van der Waals surface area contributed by atoms with Gasteiger partial charge >= 0.3 is 0 Å². The van der Waals surface area contributed by atoms with Crippen LogP contribution in [-0.4, -0.2) is 37.6 Å². The normalized spacial score (nSPS) is 11.1. The predicted molar refractivity (Wildman–Crippen MR) is 58.0 cm³/mol. The van der Waals surface area contributed by atoms with Crippen molar-refractivity contribution >= 4 is 11.8 Å². The molecule has 4 heteroatoms. The van der Waals surface area contributed by atoms with Gasteiger partial charge in [-0.25, -0.2) is 0 Å². The van der Waals surface area contributed by atoms with Gasteiger partial charge in [0, 0.05) is 19.0 Å². The second-order valence-electron chi connectivity index (χ2n) is 2.56. The number of ether oxygens (including phenoxy) is 2. The summed E-state index contributed by atoms with van der Waals surface area (Å²) in [5, 5.41) is 0. The number of hydrogen-bond donors (Lipinski definition) is 1. The van der Waals surface area contributed by atoms with Gasteiger partial charge in [-0.15, -0.1) is 0 Å². The minimum atomic E-state index is -0.0437. The van der Waals surface area contributed by atoms with Gasteiger partial charge in [-0.3, -0.25) is 0 Å². The molecule has 0 fully saturated rings.